The Hall–Kier alpha value is -1.49. The Morgan fingerprint density at radius 2 is 2.00 bits per heavy atom. The largest absolute Gasteiger partial charge is 0.378 e. The van der Waals surface area contributed by atoms with Crippen LogP contribution in [-0.2, 0) is 4.74 Å². The lowest BCUT2D eigenvalue weighted by molar-refractivity contribution is -0.104. The van der Waals surface area contributed by atoms with E-state index in [-0.39, 0.29) is 5.91 Å². The summed E-state index contributed by atoms with van der Waals surface area (Å²) < 4.78 is 5.99. The second-order valence-corrected chi connectivity index (χ2v) is 7.64. The summed E-state index contributed by atoms with van der Waals surface area (Å²) in [4.78, 5) is 22.8. The van der Waals surface area contributed by atoms with Gasteiger partial charge in [0.1, 0.15) is 5.69 Å². The molecule has 0 atom stereocenters. The van der Waals surface area contributed by atoms with Gasteiger partial charge < -0.3 is 9.64 Å². The van der Waals surface area contributed by atoms with Crippen molar-refractivity contribution in [1.29, 1.82) is 0 Å². The van der Waals surface area contributed by atoms with Crippen molar-refractivity contribution in [3.05, 3.63) is 23.8 Å². The third-order valence-corrected chi connectivity index (χ3v) is 5.70. The number of nitrogens with zero attached hydrogens (tertiary/aromatic N) is 3. The molecule has 0 unspecified atom stereocenters. The molecule has 2 heterocycles. The van der Waals surface area contributed by atoms with E-state index < -0.39 is 0 Å². The zero-order chi connectivity index (χ0) is 15.9. The Bertz CT molecular complexity index is 566. The highest BCUT2D eigenvalue weighted by atomic mass is 16.5. The number of likely N-dealkylation sites (tertiary alicyclic amines) is 1. The predicted octanol–water partition coefficient (Wildman–Crippen LogP) is 2.60. The van der Waals surface area contributed by atoms with Gasteiger partial charge in [0, 0.05) is 25.9 Å². The van der Waals surface area contributed by atoms with Gasteiger partial charge in [-0.05, 0) is 56.8 Å². The number of carbonyl (C=O) groups excluding carboxylic acids is 1. The molecule has 1 aliphatic heterocycles. The van der Waals surface area contributed by atoms with E-state index in [2.05, 4.69) is 9.97 Å². The highest BCUT2D eigenvalue weighted by Gasteiger charge is 2.47. The van der Waals surface area contributed by atoms with E-state index in [0.717, 1.165) is 44.1 Å². The number of hydrogen-bond acceptors (Lipinski definition) is 4. The summed E-state index contributed by atoms with van der Waals surface area (Å²) in [5.41, 5.74) is 1.74. The molecule has 5 heteroatoms. The summed E-state index contributed by atoms with van der Waals surface area (Å²) in [7, 11) is 0. The Labute approximate surface area is 137 Å². The molecule has 0 N–H and O–H groups in total. The molecule has 0 aromatic carbocycles. The molecule has 4 rings (SSSR count). The molecule has 1 amide bonds. The lowest BCUT2D eigenvalue weighted by atomic mass is 9.61. The van der Waals surface area contributed by atoms with Crippen molar-refractivity contribution in [2.45, 2.75) is 51.6 Å². The van der Waals surface area contributed by atoms with Crippen LogP contribution < -0.4 is 0 Å². The number of aryl methyl sites for hydroxylation is 1. The van der Waals surface area contributed by atoms with E-state index in [1.165, 1.54) is 25.7 Å². The summed E-state index contributed by atoms with van der Waals surface area (Å²) in [5, 5.41) is 0. The average molecular weight is 315 g/mol. The van der Waals surface area contributed by atoms with Gasteiger partial charge >= 0.3 is 0 Å². The monoisotopic (exact) mass is 315 g/mol. The lowest BCUT2D eigenvalue weighted by Gasteiger charge is -2.51. The van der Waals surface area contributed by atoms with E-state index in [1.54, 1.807) is 12.4 Å². The highest BCUT2D eigenvalue weighted by molar-refractivity contribution is 5.92. The lowest BCUT2D eigenvalue weighted by Crippen LogP contribution is -2.51. The maximum absolute atomic E-state index is 12.5. The van der Waals surface area contributed by atoms with Crippen molar-refractivity contribution in [3.8, 4) is 0 Å². The van der Waals surface area contributed by atoms with Crippen molar-refractivity contribution in [3.63, 3.8) is 0 Å². The normalized spacial score (nSPS) is 23.8. The van der Waals surface area contributed by atoms with E-state index in [4.69, 9.17) is 4.74 Å². The number of aromatic nitrogens is 2. The average Bonchev–Trinajstić information content (AvgIpc) is 3.36. The summed E-state index contributed by atoms with van der Waals surface area (Å²) in [6, 6.07) is 0. The molecule has 1 spiro atoms. The van der Waals surface area contributed by atoms with Crippen LogP contribution in [0.4, 0.5) is 0 Å². The third kappa shape index (κ3) is 3.25. The van der Waals surface area contributed by atoms with E-state index in [0.29, 0.717) is 17.2 Å². The molecule has 3 fully saturated rings. The molecule has 2 saturated carbocycles. The van der Waals surface area contributed by atoms with Crippen LogP contribution in [-0.4, -0.2) is 46.6 Å². The molecule has 5 nitrogen and oxygen atoms in total. The molecule has 0 bridgehead atoms. The Kier molecular flexibility index (Phi) is 3.84. The predicted molar refractivity (Wildman–Crippen MR) is 86.0 cm³/mol. The van der Waals surface area contributed by atoms with Crippen molar-refractivity contribution in [2.24, 2.45) is 11.3 Å². The number of hydrogen-bond donors (Lipinski definition) is 0. The van der Waals surface area contributed by atoms with Gasteiger partial charge in [-0.2, -0.15) is 0 Å². The van der Waals surface area contributed by atoms with Crippen LogP contribution in [0.25, 0.3) is 0 Å². The first-order valence-corrected chi connectivity index (χ1v) is 8.83. The molecular weight excluding hydrogens is 290 g/mol. The number of ether oxygens (including phenoxy) is 1. The van der Waals surface area contributed by atoms with Crippen molar-refractivity contribution >= 4 is 5.91 Å². The molecular formula is C18H25N3O2. The van der Waals surface area contributed by atoms with Crippen LogP contribution in [0.2, 0.25) is 0 Å². The fraction of sp³-hybridized carbons (Fsp3) is 0.722. The third-order valence-electron chi connectivity index (χ3n) is 5.70. The molecule has 1 saturated heterocycles. The standard InChI is InChI=1S/C18H25N3O2/c1-13-10-20-16(11-19-13)17(22)21-6-4-18(5-7-21)8-15(9-18)23-12-14-2-3-14/h10-11,14-15H,2-9,12H2,1H3. The molecule has 1 aromatic rings. The first kappa shape index (κ1) is 15.1. The molecule has 2 aliphatic carbocycles. The number of amides is 1. The Balaban J connectivity index is 1.26. The first-order chi connectivity index (χ1) is 11.1. The minimum atomic E-state index is 0.0215. The summed E-state index contributed by atoms with van der Waals surface area (Å²) in [5.74, 6) is 0.870. The van der Waals surface area contributed by atoms with Gasteiger partial charge in [0.05, 0.1) is 18.0 Å². The van der Waals surface area contributed by atoms with Crippen molar-refractivity contribution < 1.29 is 9.53 Å². The van der Waals surface area contributed by atoms with Crippen LogP contribution >= 0.6 is 0 Å². The zero-order valence-corrected chi connectivity index (χ0v) is 13.8. The topological polar surface area (TPSA) is 55.3 Å². The maximum Gasteiger partial charge on any atom is 0.274 e. The van der Waals surface area contributed by atoms with E-state index in [9.17, 15) is 4.79 Å². The van der Waals surface area contributed by atoms with Crippen LogP contribution in [0.1, 0.15) is 54.7 Å². The first-order valence-electron chi connectivity index (χ1n) is 8.83. The minimum absolute atomic E-state index is 0.0215. The fourth-order valence-electron chi connectivity index (χ4n) is 3.84. The number of rotatable bonds is 4. The molecule has 3 aliphatic rings. The van der Waals surface area contributed by atoms with E-state index >= 15 is 0 Å². The van der Waals surface area contributed by atoms with E-state index in [1.807, 2.05) is 11.8 Å². The highest BCUT2D eigenvalue weighted by Crippen LogP contribution is 2.50. The maximum atomic E-state index is 12.5. The second-order valence-electron chi connectivity index (χ2n) is 7.64. The summed E-state index contributed by atoms with van der Waals surface area (Å²) in [6.45, 7) is 4.52. The van der Waals surface area contributed by atoms with Gasteiger partial charge in [0.2, 0.25) is 0 Å². The van der Waals surface area contributed by atoms with Gasteiger partial charge in [-0.25, -0.2) is 4.98 Å². The molecule has 124 valence electrons. The number of carbonyl (C=O) groups is 1. The minimum Gasteiger partial charge on any atom is -0.378 e. The van der Waals surface area contributed by atoms with Gasteiger partial charge in [-0.3, -0.25) is 9.78 Å². The van der Waals surface area contributed by atoms with Gasteiger partial charge in [0.25, 0.3) is 5.91 Å². The Morgan fingerprint density at radius 3 is 2.61 bits per heavy atom. The SMILES string of the molecule is Cc1cnc(C(=O)N2CCC3(CC2)CC(OCC2CC2)C3)cn1. The van der Waals surface area contributed by atoms with Crippen molar-refractivity contribution in [2.75, 3.05) is 19.7 Å². The van der Waals surface area contributed by atoms with Gasteiger partial charge in [-0.15, -0.1) is 0 Å². The zero-order valence-electron chi connectivity index (χ0n) is 13.8. The summed E-state index contributed by atoms with van der Waals surface area (Å²) in [6.07, 6.45) is 11.0. The Morgan fingerprint density at radius 1 is 1.26 bits per heavy atom. The fourth-order valence-corrected chi connectivity index (χ4v) is 3.84. The van der Waals surface area contributed by atoms with Crippen LogP contribution in [0.15, 0.2) is 12.4 Å². The second kappa shape index (κ2) is 5.86. The smallest absolute Gasteiger partial charge is 0.274 e. The van der Waals surface area contributed by atoms with Crippen LogP contribution in [0.5, 0.6) is 0 Å². The molecule has 23 heavy (non-hydrogen) atoms. The molecule has 0 radical (unpaired) electrons. The number of piperidine rings is 1. The molecule has 1 aromatic heterocycles. The van der Waals surface area contributed by atoms with Gasteiger partial charge in [0.15, 0.2) is 0 Å². The van der Waals surface area contributed by atoms with Crippen LogP contribution in [0.3, 0.4) is 0 Å². The van der Waals surface area contributed by atoms with Crippen molar-refractivity contribution in [1.82, 2.24) is 14.9 Å². The summed E-state index contributed by atoms with van der Waals surface area (Å²) >= 11 is 0. The van der Waals surface area contributed by atoms with Crippen LogP contribution in [0, 0.1) is 18.3 Å². The van der Waals surface area contributed by atoms with Gasteiger partial charge in [-0.1, -0.05) is 0 Å². The quantitative estimate of drug-likeness (QED) is 0.857.